The summed E-state index contributed by atoms with van der Waals surface area (Å²) in [4.78, 5) is 2.50. The van der Waals surface area contributed by atoms with Gasteiger partial charge in [-0.15, -0.1) is 0 Å². The van der Waals surface area contributed by atoms with Crippen molar-refractivity contribution < 1.29 is 8.42 Å². The Morgan fingerprint density at radius 3 is 2.76 bits per heavy atom. The first-order valence-corrected chi connectivity index (χ1v) is 10.1. The van der Waals surface area contributed by atoms with E-state index in [1.54, 1.807) is 0 Å². The summed E-state index contributed by atoms with van der Waals surface area (Å²) in [6.45, 7) is 6.73. The van der Waals surface area contributed by atoms with Crippen LogP contribution in [0.2, 0.25) is 0 Å². The molecule has 3 unspecified atom stereocenters. The summed E-state index contributed by atoms with van der Waals surface area (Å²) in [5.41, 5.74) is 0. The Labute approximate surface area is 129 Å². The van der Waals surface area contributed by atoms with Crippen LogP contribution in [0.5, 0.6) is 0 Å². The minimum Gasteiger partial charge on any atom is -0.316 e. The number of sulfonamides is 1. The van der Waals surface area contributed by atoms with E-state index < -0.39 is 10.0 Å². The van der Waals surface area contributed by atoms with Gasteiger partial charge < -0.3 is 5.32 Å². The van der Waals surface area contributed by atoms with Crippen molar-refractivity contribution in [1.29, 1.82) is 0 Å². The van der Waals surface area contributed by atoms with Gasteiger partial charge in [-0.1, -0.05) is 6.42 Å². The molecule has 6 heteroatoms. The highest BCUT2D eigenvalue weighted by Gasteiger charge is 2.39. The normalized spacial score (nSPS) is 36.3. The van der Waals surface area contributed by atoms with Crippen LogP contribution >= 0.6 is 0 Å². The molecule has 3 heterocycles. The number of fused-ring (bicyclic) bond motifs is 1. The fourth-order valence-corrected chi connectivity index (χ4v) is 6.26. The lowest BCUT2D eigenvalue weighted by molar-refractivity contribution is 0.0562. The number of nitrogens with zero attached hydrogens (tertiary/aromatic N) is 2. The van der Waals surface area contributed by atoms with Crippen LogP contribution in [0.1, 0.15) is 39.0 Å². The molecule has 0 radical (unpaired) electrons. The third kappa shape index (κ3) is 3.60. The topological polar surface area (TPSA) is 52.7 Å². The van der Waals surface area contributed by atoms with Gasteiger partial charge in [0, 0.05) is 25.2 Å². The van der Waals surface area contributed by atoms with Gasteiger partial charge in [-0.25, -0.2) is 8.42 Å². The van der Waals surface area contributed by atoms with E-state index in [9.17, 15) is 8.42 Å². The fraction of sp³-hybridized carbons (Fsp3) is 1.00. The first-order chi connectivity index (χ1) is 10.1. The van der Waals surface area contributed by atoms with E-state index in [1.165, 1.54) is 12.8 Å². The highest BCUT2D eigenvalue weighted by molar-refractivity contribution is 7.89. The number of hydrogen-bond acceptors (Lipinski definition) is 4. The van der Waals surface area contributed by atoms with Gasteiger partial charge in [0.15, 0.2) is 0 Å². The second kappa shape index (κ2) is 6.52. The summed E-state index contributed by atoms with van der Waals surface area (Å²) in [7, 11) is -3.12. The van der Waals surface area contributed by atoms with Crippen LogP contribution in [0.4, 0.5) is 0 Å². The molecule has 3 aliphatic heterocycles. The molecular formula is C15H29N3O2S. The predicted octanol–water partition coefficient (Wildman–Crippen LogP) is 0.874. The Kier molecular flexibility index (Phi) is 4.88. The van der Waals surface area contributed by atoms with Crippen LogP contribution in [0, 0.1) is 5.92 Å². The van der Waals surface area contributed by atoms with E-state index in [2.05, 4.69) is 17.1 Å². The highest BCUT2D eigenvalue weighted by atomic mass is 32.2. The van der Waals surface area contributed by atoms with Crippen molar-refractivity contribution >= 4 is 10.0 Å². The average molecular weight is 315 g/mol. The van der Waals surface area contributed by atoms with Gasteiger partial charge in [-0.05, 0) is 58.2 Å². The largest absolute Gasteiger partial charge is 0.316 e. The molecular weight excluding hydrogens is 286 g/mol. The van der Waals surface area contributed by atoms with E-state index >= 15 is 0 Å². The van der Waals surface area contributed by atoms with Crippen molar-refractivity contribution in [2.24, 2.45) is 5.92 Å². The van der Waals surface area contributed by atoms with Crippen LogP contribution in [-0.2, 0) is 10.0 Å². The summed E-state index contributed by atoms with van der Waals surface area (Å²) < 4.78 is 27.5. The molecule has 0 amide bonds. The van der Waals surface area contributed by atoms with Crippen LogP contribution in [0.15, 0.2) is 0 Å². The zero-order chi connectivity index (χ0) is 14.9. The predicted molar refractivity (Wildman–Crippen MR) is 84.8 cm³/mol. The molecule has 122 valence electrons. The van der Waals surface area contributed by atoms with Gasteiger partial charge in [-0.3, -0.25) is 4.90 Å². The summed E-state index contributed by atoms with van der Waals surface area (Å²) >= 11 is 0. The summed E-state index contributed by atoms with van der Waals surface area (Å²) in [6, 6.07) is 0.579. The molecule has 3 saturated heterocycles. The van der Waals surface area contributed by atoms with Crippen molar-refractivity contribution in [3.63, 3.8) is 0 Å². The molecule has 21 heavy (non-hydrogen) atoms. The Bertz CT molecular complexity index is 448. The molecule has 0 saturated carbocycles. The molecule has 0 aromatic rings. The molecule has 3 atom stereocenters. The maximum atomic E-state index is 12.8. The third-order valence-corrected chi connectivity index (χ3v) is 7.45. The van der Waals surface area contributed by atoms with E-state index in [1.807, 2.05) is 4.31 Å². The molecule has 3 aliphatic rings. The van der Waals surface area contributed by atoms with Crippen LogP contribution < -0.4 is 5.32 Å². The molecule has 0 bridgehead atoms. The zero-order valence-electron chi connectivity index (χ0n) is 13.1. The minimum atomic E-state index is -3.12. The number of rotatable bonds is 3. The summed E-state index contributed by atoms with van der Waals surface area (Å²) in [6.07, 6.45) is 5.82. The molecule has 3 rings (SSSR count). The van der Waals surface area contributed by atoms with Crippen LogP contribution in [-0.4, -0.2) is 68.2 Å². The van der Waals surface area contributed by atoms with Crippen LogP contribution in [0.25, 0.3) is 0 Å². The van der Waals surface area contributed by atoms with Gasteiger partial charge in [0.1, 0.15) is 0 Å². The van der Waals surface area contributed by atoms with E-state index in [0.717, 1.165) is 45.4 Å². The van der Waals surface area contributed by atoms with Gasteiger partial charge in [0.05, 0.1) is 5.75 Å². The van der Waals surface area contributed by atoms with Gasteiger partial charge in [0.25, 0.3) is 0 Å². The Morgan fingerprint density at radius 2 is 2.00 bits per heavy atom. The second-order valence-corrected chi connectivity index (χ2v) is 9.02. The molecule has 0 aliphatic carbocycles. The Morgan fingerprint density at radius 1 is 1.14 bits per heavy atom. The fourth-order valence-electron chi connectivity index (χ4n) is 4.17. The maximum absolute atomic E-state index is 12.8. The van der Waals surface area contributed by atoms with Gasteiger partial charge >= 0.3 is 0 Å². The second-order valence-electron chi connectivity index (χ2n) is 7.05. The van der Waals surface area contributed by atoms with Gasteiger partial charge in [-0.2, -0.15) is 4.31 Å². The molecule has 0 aromatic heterocycles. The first kappa shape index (κ1) is 15.7. The monoisotopic (exact) mass is 315 g/mol. The van der Waals surface area contributed by atoms with Crippen molar-refractivity contribution in [1.82, 2.24) is 14.5 Å². The van der Waals surface area contributed by atoms with Crippen molar-refractivity contribution in [2.75, 3.05) is 38.5 Å². The number of piperidine rings is 2. The Balaban J connectivity index is 1.66. The van der Waals surface area contributed by atoms with Crippen molar-refractivity contribution in [3.05, 3.63) is 0 Å². The van der Waals surface area contributed by atoms with E-state index in [4.69, 9.17) is 0 Å². The lowest BCUT2D eigenvalue weighted by Gasteiger charge is -2.47. The quantitative estimate of drug-likeness (QED) is 0.840. The molecule has 5 nitrogen and oxygen atoms in total. The highest BCUT2D eigenvalue weighted by Crippen LogP contribution is 2.27. The SMILES string of the molecule is CC1CN2CCCCC2CN1S(=O)(=O)CC1CCCNC1. The summed E-state index contributed by atoms with van der Waals surface area (Å²) in [5.74, 6) is 0.622. The number of nitrogens with one attached hydrogen (secondary N) is 1. The maximum Gasteiger partial charge on any atom is 0.214 e. The molecule has 0 spiro atoms. The molecule has 3 fully saturated rings. The zero-order valence-corrected chi connectivity index (χ0v) is 13.9. The van der Waals surface area contributed by atoms with E-state index in [0.29, 0.717) is 24.3 Å². The van der Waals surface area contributed by atoms with Gasteiger partial charge in [0.2, 0.25) is 10.0 Å². The minimum absolute atomic E-state index is 0.126. The lowest BCUT2D eigenvalue weighted by atomic mass is 9.99. The molecule has 1 N–H and O–H groups in total. The number of piperazine rings is 1. The van der Waals surface area contributed by atoms with E-state index in [-0.39, 0.29) is 6.04 Å². The Hall–Kier alpha value is -0.170. The smallest absolute Gasteiger partial charge is 0.214 e. The standard InChI is InChI=1S/C15H29N3O2S/c1-13-10-17-8-3-2-6-15(17)11-18(13)21(19,20)12-14-5-4-7-16-9-14/h13-16H,2-12H2,1H3. The number of hydrogen-bond donors (Lipinski definition) is 1. The summed E-state index contributed by atoms with van der Waals surface area (Å²) in [5, 5.41) is 3.33. The average Bonchev–Trinajstić information content (AvgIpc) is 2.47. The van der Waals surface area contributed by atoms with Crippen molar-refractivity contribution in [2.45, 2.75) is 51.1 Å². The van der Waals surface area contributed by atoms with Crippen LogP contribution in [0.3, 0.4) is 0 Å². The first-order valence-electron chi connectivity index (χ1n) is 8.50. The third-order valence-electron chi connectivity index (χ3n) is 5.33. The lowest BCUT2D eigenvalue weighted by Crippen LogP contribution is -2.60. The molecule has 0 aromatic carbocycles. The van der Waals surface area contributed by atoms with Crippen molar-refractivity contribution in [3.8, 4) is 0 Å².